The van der Waals surface area contributed by atoms with E-state index in [9.17, 15) is 4.79 Å². The number of nitrogens with zero attached hydrogens (tertiary/aromatic N) is 3. The third-order valence-electron chi connectivity index (χ3n) is 3.04. The number of ether oxygens (including phenoxy) is 1. The number of hydrogen-bond donors (Lipinski definition) is 1. The van der Waals surface area contributed by atoms with E-state index in [1.165, 1.54) is 0 Å². The molecule has 2 rings (SSSR count). The fraction of sp³-hybridized carbons (Fsp3) is 0.235. The minimum absolute atomic E-state index is 0.188. The van der Waals surface area contributed by atoms with Gasteiger partial charge < -0.3 is 4.74 Å². The summed E-state index contributed by atoms with van der Waals surface area (Å²) >= 11 is 0. The predicted molar refractivity (Wildman–Crippen MR) is 87.3 cm³/mol. The maximum atomic E-state index is 11.8. The van der Waals surface area contributed by atoms with E-state index in [0.29, 0.717) is 22.8 Å². The Morgan fingerprint density at radius 1 is 1.43 bits per heavy atom. The normalized spacial score (nSPS) is 10.2. The summed E-state index contributed by atoms with van der Waals surface area (Å²) in [5.74, 6) is 0.951. The number of carbonyl (C=O) groups excluding carboxylic acids is 1. The Labute approximate surface area is 135 Å². The summed E-state index contributed by atoms with van der Waals surface area (Å²) in [5.41, 5.74) is 2.01. The zero-order valence-corrected chi connectivity index (χ0v) is 13.3. The van der Waals surface area contributed by atoms with E-state index in [1.807, 2.05) is 19.9 Å². The van der Waals surface area contributed by atoms with Crippen molar-refractivity contribution in [2.75, 3.05) is 5.32 Å². The molecule has 0 spiro atoms. The van der Waals surface area contributed by atoms with Crippen molar-refractivity contribution in [3.8, 4) is 11.8 Å². The molecule has 0 atom stereocenters. The van der Waals surface area contributed by atoms with Gasteiger partial charge in [0.2, 0.25) is 0 Å². The Bertz CT molecular complexity index is 784. The Morgan fingerprint density at radius 3 is 2.78 bits per heavy atom. The van der Waals surface area contributed by atoms with Crippen molar-refractivity contribution in [2.24, 2.45) is 0 Å². The van der Waals surface area contributed by atoms with E-state index in [2.05, 4.69) is 23.1 Å². The van der Waals surface area contributed by atoms with Crippen LogP contribution in [0.5, 0.6) is 0 Å². The van der Waals surface area contributed by atoms with Crippen LogP contribution in [0.3, 0.4) is 0 Å². The molecule has 0 aliphatic heterocycles. The van der Waals surface area contributed by atoms with Gasteiger partial charge in [0.25, 0.3) is 0 Å². The van der Waals surface area contributed by atoms with Gasteiger partial charge in [-0.25, -0.2) is 9.48 Å². The average Bonchev–Trinajstić information content (AvgIpc) is 2.90. The van der Waals surface area contributed by atoms with Crippen LogP contribution in [-0.2, 0) is 4.74 Å². The lowest BCUT2D eigenvalue weighted by atomic mass is 10.1. The van der Waals surface area contributed by atoms with Crippen molar-refractivity contribution in [2.45, 2.75) is 26.7 Å². The molecule has 6 heteroatoms. The summed E-state index contributed by atoms with van der Waals surface area (Å²) in [5, 5.41) is 16.2. The summed E-state index contributed by atoms with van der Waals surface area (Å²) in [6.45, 7) is 9.14. The van der Waals surface area contributed by atoms with Crippen molar-refractivity contribution in [1.82, 2.24) is 9.78 Å². The number of rotatable bonds is 4. The first-order chi connectivity index (χ1) is 10.9. The third-order valence-corrected chi connectivity index (χ3v) is 3.04. The zero-order valence-electron chi connectivity index (χ0n) is 13.3. The van der Waals surface area contributed by atoms with E-state index >= 15 is 0 Å². The maximum Gasteiger partial charge on any atom is 0.417 e. The quantitative estimate of drug-likeness (QED) is 0.867. The number of nitriles is 1. The molecule has 0 radical (unpaired) electrons. The van der Waals surface area contributed by atoms with Gasteiger partial charge in [-0.15, -0.1) is 0 Å². The number of anilines is 1. The molecule has 1 aromatic heterocycles. The van der Waals surface area contributed by atoms with Gasteiger partial charge in [0.1, 0.15) is 5.82 Å². The van der Waals surface area contributed by atoms with Crippen LogP contribution >= 0.6 is 0 Å². The molecule has 0 aliphatic carbocycles. The molecule has 2 aromatic rings. The zero-order chi connectivity index (χ0) is 17.0. The molecular weight excluding hydrogens is 292 g/mol. The van der Waals surface area contributed by atoms with Gasteiger partial charge in [-0.1, -0.05) is 26.5 Å². The molecule has 0 unspecified atom stereocenters. The van der Waals surface area contributed by atoms with Crippen LogP contribution in [0, 0.1) is 11.3 Å². The highest BCUT2D eigenvalue weighted by molar-refractivity contribution is 5.84. The number of hydrogen-bond acceptors (Lipinski definition) is 4. The summed E-state index contributed by atoms with van der Waals surface area (Å²) in [6.07, 6.45) is -0.634. The van der Waals surface area contributed by atoms with Crippen molar-refractivity contribution >= 4 is 11.9 Å². The molecule has 1 aromatic carbocycles. The van der Waals surface area contributed by atoms with E-state index in [4.69, 9.17) is 10.00 Å². The SMILES string of the molecule is C=C(C)OC(=O)Nc1cc(C(C)C)nn1-c1cccc(C#N)c1. The maximum absolute atomic E-state index is 11.8. The standard InChI is InChI=1S/C17H18N4O2/c1-11(2)15-9-16(19-17(22)23-12(3)4)21(20-15)14-7-5-6-13(8-14)10-18/h5-9,11H,3H2,1-2,4H3,(H,19,22). The number of nitrogens with one attached hydrogen (secondary N) is 1. The van der Waals surface area contributed by atoms with E-state index in [1.54, 1.807) is 35.9 Å². The van der Waals surface area contributed by atoms with Gasteiger partial charge in [-0.3, -0.25) is 5.32 Å². The second-order valence-electron chi connectivity index (χ2n) is 5.40. The topological polar surface area (TPSA) is 79.9 Å². The Kier molecular flexibility index (Phi) is 4.82. The van der Waals surface area contributed by atoms with Crippen molar-refractivity contribution < 1.29 is 9.53 Å². The first-order valence-electron chi connectivity index (χ1n) is 7.15. The Morgan fingerprint density at radius 2 is 2.17 bits per heavy atom. The smallest absolute Gasteiger partial charge is 0.416 e. The summed E-state index contributed by atoms with van der Waals surface area (Å²) < 4.78 is 6.50. The van der Waals surface area contributed by atoms with Crippen LogP contribution < -0.4 is 5.32 Å². The molecule has 0 bridgehead atoms. The molecule has 0 aliphatic rings. The highest BCUT2D eigenvalue weighted by Gasteiger charge is 2.15. The Balaban J connectivity index is 2.42. The molecule has 0 saturated heterocycles. The lowest BCUT2D eigenvalue weighted by molar-refractivity contribution is 0.192. The van der Waals surface area contributed by atoms with Gasteiger partial charge in [-0.2, -0.15) is 10.4 Å². The molecule has 6 nitrogen and oxygen atoms in total. The molecule has 1 amide bonds. The van der Waals surface area contributed by atoms with Crippen LogP contribution in [0.2, 0.25) is 0 Å². The fourth-order valence-corrected chi connectivity index (χ4v) is 1.96. The van der Waals surface area contributed by atoms with E-state index < -0.39 is 6.09 Å². The minimum Gasteiger partial charge on any atom is -0.416 e. The lowest BCUT2D eigenvalue weighted by Crippen LogP contribution is -2.15. The van der Waals surface area contributed by atoms with Gasteiger partial charge in [-0.05, 0) is 31.0 Å². The Hall–Kier alpha value is -3.07. The van der Waals surface area contributed by atoms with Crippen LogP contribution in [0.15, 0.2) is 42.7 Å². The minimum atomic E-state index is -0.634. The van der Waals surface area contributed by atoms with Crippen LogP contribution in [0.1, 0.15) is 37.9 Å². The van der Waals surface area contributed by atoms with Crippen LogP contribution in [0.25, 0.3) is 5.69 Å². The van der Waals surface area contributed by atoms with Crippen molar-refractivity contribution in [1.29, 1.82) is 5.26 Å². The molecule has 0 fully saturated rings. The highest BCUT2D eigenvalue weighted by Crippen LogP contribution is 2.23. The molecule has 0 saturated carbocycles. The van der Waals surface area contributed by atoms with Gasteiger partial charge in [0.15, 0.2) is 0 Å². The second kappa shape index (κ2) is 6.79. The number of carbonyl (C=O) groups is 1. The lowest BCUT2D eigenvalue weighted by Gasteiger charge is -2.09. The fourth-order valence-electron chi connectivity index (χ4n) is 1.96. The molecular formula is C17H18N4O2. The first-order valence-corrected chi connectivity index (χ1v) is 7.15. The molecule has 1 N–H and O–H groups in total. The number of allylic oxidation sites excluding steroid dienone is 1. The van der Waals surface area contributed by atoms with Gasteiger partial charge >= 0.3 is 6.09 Å². The van der Waals surface area contributed by atoms with Gasteiger partial charge in [0, 0.05) is 6.07 Å². The molecule has 1 heterocycles. The first kappa shape index (κ1) is 16.3. The van der Waals surface area contributed by atoms with Crippen molar-refractivity contribution in [3.05, 3.63) is 53.9 Å². The monoisotopic (exact) mass is 310 g/mol. The second-order valence-corrected chi connectivity index (χ2v) is 5.40. The van der Waals surface area contributed by atoms with E-state index in [0.717, 1.165) is 5.69 Å². The van der Waals surface area contributed by atoms with Gasteiger partial charge in [0.05, 0.1) is 28.8 Å². The largest absolute Gasteiger partial charge is 0.417 e. The third kappa shape index (κ3) is 3.98. The predicted octanol–water partition coefficient (Wildman–Crippen LogP) is 3.95. The van der Waals surface area contributed by atoms with Crippen molar-refractivity contribution in [3.63, 3.8) is 0 Å². The number of amides is 1. The summed E-state index contributed by atoms with van der Waals surface area (Å²) in [4.78, 5) is 11.8. The molecule has 118 valence electrons. The average molecular weight is 310 g/mol. The summed E-state index contributed by atoms with van der Waals surface area (Å²) in [6, 6.07) is 10.9. The van der Waals surface area contributed by atoms with E-state index in [-0.39, 0.29) is 5.92 Å². The molecule has 23 heavy (non-hydrogen) atoms. The summed E-state index contributed by atoms with van der Waals surface area (Å²) in [7, 11) is 0. The van der Waals surface area contributed by atoms with Crippen LogP contribution in [0.4, 0.5) is 10.6 Å². The highest BCUT2D eigenvalue weighted by atomic mass is 16.6. The van der Waals surface area contributed by atoms with Crippen LogP contribution in [-0.4, -0.2) is 15.9 Å². The number of aromatic nitrogens is 2. The number of benzene rings is 1.